The Morgan fingerprint density at radius 2 is 2.22 bits per heavy atom. The van der Waals surface area contributed by atoms with Gasteiger partial charge in [-0.2, -0.15) is 0 Å². The zero-order valence-corrected chi connectivity index (χ0v) is 10.0. The summed E-state index contributed by atoms with van der Waals surface area (Å²) in [4.78, 5) is 16.3. The Bertz CT molecular complexity index is 578. The van der Waals surface area contributed by atoms with E-state index in [4.69, 9.17) is 0 Å². The van der Waals surface area contributed by atoms with E-state index in [1.54, 1.807) is 6.20 Å². The van der Waals surface area contributed by atoms with Gasteiger partial charge in [-0.1, -0.05) is 18.2 Å². The predicted octanol–water partition coefficient (Wildman–Crippen LogP) is 2.48. The fraction of sp³-hybridized carbons (Fsp3) is 0.200. The Morgan fingerprint density at radius 3 is 3.06 bits per heavy atom. The van der Waals surface area contributed by atoms with Crippen LogP contribution in [0.25, 0.3) is 0 Å². The van der Waals surface area contributed by atoms with Gasteiger partial charge in [0.2, 0.25) is 0 Å². The Kier molecular flexibility index (Phi) is 2.81. The maximum Gasteiger partial charge on any atom is 0.168 e. The molecule has 3 heteroatoms. The minimum Gasteiger partial charge on any atom is -0.384 e. The number of ketones is 1. The molecule has 3 nitrogen and oxygen atoms in total. The van der Waals surface area contributed by atoms with Gasteiger partial charge in [-0.3, -0.25) is 9.78 Å². The third-order valence-electron chi connectivity index (χ3n) is 3.21. The number of hydrogen-bond donors (Lipinski definition) is 1. The van der Waals surface area contributed by atoms with E-state index in [1.807, 2.05) is 36.4 Å². The molecule has 0 atom stereocenters. The molecule has 0 fully saturated rings. The lowest BCUT2D eigenvalue weighted by atomic mass is 10.0. The van der Waals surface area contributed by atoms with Gasteiger partial charge >= 0.3 is 0 Å². The minimum atomic E-state index is 0.116. The molecule has 3 rings (SSSR count). The van der Waals surface area contributed by atoms with Crippen LogP contribution in [0.1, 0.15) is 21.6 Å². The zero-order valence-electron chi connectivity index (χ0n) is 10.0. The number of anilines is 1. The van der Waals surface area contributed by atoms with Crippen LogP contribution in [0.5, 0.6) is 0 Å². The quantitative estimate of drug-likeness (QED) is 0.835. The van der Waals surface area contributed by atoms with Crippen molar-refractivity contribution >= 4 is 11.5 Å². The number of carbonyl (C=O) groups is 1. The van der Waals surface area contributed by atoms with Crippen molar-refractivity contribution in [2.45, 2.75) is 12.8 Å². The minimum absolute atomic E-state index is 0.116. The number of benzene rings is 1. The van der Waals surface area contributed by atoms with E-state index in [9.17, 15) is 4.79 Å². The molecular weight excluding hydrogens is 224 g/mol. The summed E-state index contributed by atoms with van der Waals surface area (Å²) in [6.45, 7) is 0.965. The van der Waals surface area contributed by atoms with E-state index in [2.05, 4.69) is 10.3 Å². The van der Waals surface area contributed by atoms with Gasteiger partial charge in [-0.15, -0.1) is 0 Å². The largest absolute Gasteiger partial charge is 0.384 e. The monoisotopic (exact) mass is 238 g/mol. The third-order valence-corrected chi connectivity index (χ3v) is 3.21. The molecule has 0 radical (unpaired) electrons. The number of aromatic nitrogens is 1. The first-order valence-electron chi connectivity index (χ1n) is 6.13. The molecule has 2 heterocycles. The Morgan fingerprint density at radius 1 is 1.28 bits per heavy atom. The van der Waals surface area contributed by atoms with Crippen molar-refractivity contribution in [2.24, 2.45) is 0 Å². The molecule has 0 spiro atoms. The molecule has 0 saturated carbocycles. The SMILES string of the molecule is O=C(Cc1ccccn1)c1ccc2c(c1)NCC2. The number of nitrogens with zero attached hydrogens (tertiary/aromatic N) is 1. The molecule has 1 aromatic carbocycles. The highest BCUT2D eigenvalue weighted by atomic mass is 16.1. The fourth-order valence-corrected chi connectivity index (χ4v) is 2.23. The Labute approximate surface area is 106 Å². The van der Waals surface area contributed by atoms with Gasteiger partial charge in [0.25, 0.3) is 0 Å². The Balaban J connectivity index is 1.81. The molecule has 1 aromatic heterocycles. The van der Waals surface area contributed by atoms with E-state index >= 15 is 0 Å². The third kappa shape index (κ3) is 2.12. The molecule has 0 saturated heterocycles. The average molecular weight is 238 g/mol. The van der Waals surface area contributed by atoms with Crippen LogP contribution < -0.4 is 5.32 Å². The van der Waals surface area contributed by atoms with Crippen LogP contribution in [0.4, 0.5) is 5.69 Å². The molecular formula is C15H14N2O. The van der Waals surface area contributed by atoms with Gasteiger partial charge in [0, 0.05) is 29.7 Å². The second-order valence-corrected chi connectivity index (χ2v) is 4.47. The van der Waals surface area contributed by atoms with Crippen LogP contribution >= 0.6 is 0 Å². The van der Waals surface area contributed by atoms with Crippen LogP contribution in [0.2, 0.25) is 0 Å². The highest BCUT2D eigenvalue weighted by molar-refractivity contribution is 5.98. The van der Waals surface area contributed by atoms with E-state index in [0.29, 0.717) is 6.42 Å². The van der Waals surface area contributed by atoms with Crippen molar-refractivity contribution in [1.29, 1.82) is 0 Å². The highest BCUT2D eigenvalue weighted by Gasteiger charge is 2.13. The van der Waals surface area contributed by atoms with Crippen LogP contribution in [0.15, 0.2) is 42.6 Å². The lowest BCUT2D eigenvalue weighted by Gasteiger charge is -2.04. The molecule has 0 unspecified atom stereocenters. The second-order valence-electron chi connectivity index (χ2n) is 4.47. The average Bonchev–Trinajstić information content (AvgIpc) is 2.87. The number of nitrogens with one attached hydrogen (secondary N) is 1. The van der Waals surface area contributed by atoms with Gasteiger partial charge in [0.05, 0.1) is 6.42 Å². The molecule has 1 aliphatic rings. The molecule has 0 aliphatic carbocycles. The van der Waals surface area contributed by atoms with E-state index < -0.39 is 0 Å². The lowest BCUT2D eigenvalue weighted by Crippen LogP contribution is -2.05. The van der Waals surface area contributed by atoms with Gasteiger partial charge in [-0.05, 0) is 30.2 Å². The summed E-state index contributed by atoms with van der Waals surface area (Å²) in [6, 6.07) is 11.5. The van der Waals surface area contributed by atoms with Crippen LogP contribution in [0, 0.1) is 0 Å². The first kappa shape index (κ1) is 11.0. The number of rotatable bonds is 3. The maximum atomic E-state index is 12.1. The fourth-order valence-electron chi connectivity index (χ4n) is 2.23. The molecule has 90 valence electrons. The van der Waals surface area contributed by atoms with Crippen molar-refractivity contribution in [3.05, 3.63) is 59.4 Å². The van der Waals surface area contributed by atoms with Gasteiger partial charge in [-0.25, -0.2) is 0 Å². The zero-order chi connectivity index (χ0) is 12.4. The van der Waals surface area contributed by atoms with Crippen LogP contribution in [0.3, 0.4) is 0 Å². The van der Waals surface area contributed by atoms with Crippen molar-refractivity contribution in [1.82, 2.24) is 4.98 Å². The van der Waals surface area contributed by atoms with Gasteiger partial charge in [0.15, 0.2) is 5.78 Å². The number of Topliss-reactive ketones (excluding diaryl/α,β-unsaturated/α-hetero) is 1. The summed E-state index contributed by atoms with van der Waals surface area (Å²) in [5.74, 6) is 0.116. The molecule has 2 aromatic rings. The summed E-state index contributed by atoms with van der Waals surface area (Å²) < 4.78 is 0. The summed E-state index contributed by atoms with van der Waals surface area (Å²) in [5.41, 5.74) is 3.97. The van der Waals surface area contributed by atoms with Gasteiger partial charge in [0.1, 0.15) is 0 Å². The van der Waals surface area contributed by atoms with Crippen molar-refractivity contribution < 1.29 is 4.79 Å². The smallest absolute Gasteiger partial charge is 0.168 e. The standard InChI is InChI=1S/C15H14N2O/c18-15(10-13-3-1-2-7-16-13)12-5-4-11-6-8-17-14(11)9-12/h1-5,7,9,17H,6,8,10H2. The number of carbonyl (C=O) groups excluding carboxylic acids is 1. The highest BCUT2D eigenvalue weighted by Crippen LogP contribution is 2.23. The van der Waals surface area contributed by atoms with E-state index in [1.165, 1.54) is 5.56 Å². The number of fused-ring (bicyclic) bond motifs is 1. The summed E-state index contributed by atoms with van der Waals surface area (Å²) >= 11 is 0. The molecule has 0 amide bonds. The first-order chi connectivity index (χ1) is 8.83. The maximum absolute atomic E-state index is 12.1. The topological polar surface area (TPSA) is 42.0 Å². The van der Waals surface area contributed by atoms with E-state index in [0.717, 1.165) is 29.9 Å². The van der Waals surface area contributed by atoms with Crippen molar-refractivity contribution in [3.63, 3.8) is 0 Å². The summed E-state index contributed by atoms with van der Waals surface area (Å²) in [7, 11) is 0. The molecule has 1 N–H and O–H groups in total. The van der Waals surface area contributed by atoms with Crippen LogP contribution in [-0.4, -0.2) is 17.3 Å². The Hall–Kier alpha value is -2.16. The van der Waals surface area contributed by atoms with E-state index in [-0.39, 0.29) is 5.78 Å². The van der Waals surface area contributed by atoms with Crippen LogP contribution in [-0.2, 0) is 12.8 Å². The lowest BCUT2D eigenvalue weighted by molar-refractivity contribution is 0.0992. The number of hydrogen-bond acceptors (Lipinski definition) is 3. The molecule has 1 aliphatic heterocycles. The predicted molar refractivity (Wildman–Crippen MR) is 70.9 cm³/mol. The van der Waals surface area contributed by atoms with Crippen molar-refractivity contribution in [2.75, 3.05) is 11.9 Å². The van der Waals surface area contributed by atoms with Gasteiger partial charge < -0.3 is 5.32 Å². The molecule has 0 bridgehead atoms. The second kappa shape index (κ2) is 4.61. The number of pyridine rings is 1. The van der Waals surface area contributed by atoms with Crippen molar-refractivity contribution in [3.8, 4) is 0 Å². The summed E-state index contributed by atoms with van der Waals surface area (Å²) in [5, 5.41) is 3.29. The first-order valence-corrected chi connectivity index (χ1v) is 6.13. The summed E-state index contributed by atoms with van der Waals surface area (Å²) in [6.07, 6.45) is 3.12. The molecule has 18 heavy (non-hydrogen) atoms. The normalized spacial score (nSPS) is 12.9.